The highest BCUT2D eigenvalue weighted by Crippen LogP contribution is 2.30. The maximum atomic E-state index is 12.6. The highest BCUT2D eigenvalue weighted by molar-refractivity contribution is 6.30. The van der Waals surface area contributed by atoms with Crippen molar-refractivity contribution in [1.82, 2.24) is 19.7 Å². The molecule has 9 heteroatoms. The molecule has 1 fully saturated rings. The van der Waals surface area contributed by atoms with Crippen molar-refractivity contribution in [3.8, 4) is 0 Å². The molecule has 22 heavy (non-hydrogen) atoms. The first-order chi connectivity index (χ1) is 10.4. The Morgan fingerprint density at radius 1 is 1.14 bits per heavy atom. The lowest BCUT2D eigenvalue weighted by Crippen LogP contribution is -2.35. The Morgan fingerprint density at radius 3 is 2.32 bits per heavy atom. The number of hydrogen-bond acceptors (Lipinski definition) is 4. The monoisotopic (exact) mass is 331 g/mol. The van der Waals surface area contributed by atoms with Gasteiger partial charge in [-0.1, -0.05) is 11.6 Å². The van der Waals surface area contributed by atoms with Crippen molar-refractivity contribution in [2.75, 3.05) is 18.0 Å². The third kappa shape index (κ3) is 3.16. The summed E-state index contributed by atoms with van der Waals surface area (Å²) in [7, 11) is 0. The minimum absolute atomic E-state index is 0.0420. The van der Waals surface area contributed by atoms with Gasteiger partial charge in [0, 0.05) is 19.3 Å². The number of aromatic nitrogens is 4. The summed E-state index contributed by atoms with van der Waals surface area (Å²) < 4.78 is 39.1. The third-order valence-electron chi connectivity index (χ3n) is 3.63. The number of hydrogen-bond donors (Lipinski definition) is 0. The van der Waals surface area contributed by atoms with E-state index in [4.69, 9.17) is 11.6 Å². The van der Waals surface area contributed by atoms with E-state index in [1.54, 1.807) is 0 Å². The first-order valence-corrected chi connectivity index (χ1v) is 7.16. The lowest BCUT2D eigenvalue weighted by Gasteiger charge is -2.32. The zero-order chi connectivity index (χ0) is 15.7. The topological polar surface area (TPSA) is 46.8 Å². The molecule has 3 rings (SSSR count). The van der Waals surface area contributed by atoms with E-state index in [9.17, 15) is 13.2 Å². The normalized spacial score (nSPS) is 17.0. The Morgan fingerprint density at radius 2 is 1.77 bits per heavy atom. The fourth-order valence-electron chi connectivity index (χ4n) is 2.49. The molecule has 0 saturated carbocycles. The lowest BCUT2D eigenvalue weighted by molar-refractivity contribution is -0.141. The molecule has 0 N–H and O–H groups in total. The van der Waals surface area contributed by atoms with Gasteiger partial charge in [-0.25, -0.2) is 9.97 Å². The molecule has 0 unspecified atom stereocenters. The number of anilines is 1. The van der Waals surface area contributed by atoms with Crippen LogP contribution in [0, 0.1) is 0 Å². The fourth-order valence-corrected chi connectivity index (χ4v) is 2.59. The zero-order valence-electron chi connectivity index (χ0n) is 11.5. The van der Waals surface area contributed by atoms with Gasteiger partial charge >= 0.3 is 6.18 Å². The SMILES string of the molecule is FC(F)(F)c1ccn(C2CCN(c3ncc(Cl)cn3)CC2)n1. The van der Waals surface area contributed by atoms with Crippen molar-refractivity contribution >= 4 is 17.5 Å². The van der Waals surface area contributed by atoms with Crippen LogP contribution in [0.5, 0.6) is 0 Å². The first-order valence-electron chi connectivity index (χ1n) is 6.78. The van der Waals surface area contributed by atoms with Gasteiger partial charge in [-0.2, -0.15) is 18.3 Å². The van der Waals surface area contributed by atoms with E-state index in [1.165, 1.54) is 23.3 Å². The van der Waals surface area contributed by atoms with E-state index in [0.717, 1.165) is 6.07 Å². The Bertz CT molecular complexity index is 632. The standard InChI is InChI=1S/C13H13ClF3N5/c14-9-7-18-12(19-8-9)21-4-1-10(2-5-21)22-6-3-11(20-22)13(15,16)17/h3,6-8,10H,1-2,4-5H2. The Kier molecular flexibility index (Phi) is 3.94. The van der Waals surface area contributed by atoms with Crippen molar-refractivity contribution in [1.29, 1.82) is 0 Å². The summed E-state index contributed by atoms with van der Waals surface area (Å²) >= 11 is 5.75. The van der Waals surface area contributed by atoms with Gasteiger partial charge < -0.3 is 4.90 Å². The predicted octanol–water partition coefficient (Wildman–Crippen LogP) is 3.19. The summed E-state index contributed by atoms with van der Waals surface area (Å²) in [6.45, 7) is 1.32. The number of halogens is 4. The quantitative estimate of drug-likeness (QED) is 0.848. The maximum Gasteiger partial charge on any atom is 0.435 e. The van der Waals surface area contributed by atoms with Crippen LogP contribution in [0.15, 0.2) is 24.7 Å². The van der Waals surface area contributed by atoms with E-state index < -0.39 is 11.9 Å². The molecule has 1 aliphatic heterocycles. The van der Waals surface area contributed by atoms with Crippen LogP contribution >= 0.6 is 11.6 Å². The van der Waals surface area contributed by atoms with Crippen LogP contribution in [0.2, 0.25) is 5.02 Å². The molecule has 0 aromatic carbocycles. The van der Waals surface area contributed by atoms with Crippen LogP contribution in [0.25, 0.3) is 0 Å². The molecule has 1 aliphatic rings. The molecule has 0 bridgehead atoms. The van der Waals surface area contributed by atoms with Crippen LogP contribution in [0.1, 0.15) is 24.6 Å². The second kappa shape index (κ2) is 5.75. The maximum absolute atomic E-state index is 12.6. The van der Waals surface area contributed by atoms with Gasteiger partial charge in [0.15, 0.2) is 5.69 Å². The van der Waals surface area contributed by atoms with Gasteiger partial charge in [0.1, 0.15) is 0 Å². The van der Waals surface area contributed by atoms with Crippen molar-refractivity contribution < 1.29 is 13.2 Å². The Hall–Kier alpha value is -1.83. The predicted molar refractivity (Wildman–Crippen MR) is 74.8 cm³/mol. The van der Waals surface area contributed by atoms with E-state index in [-0.39, 0.29) is 6.04 Å². The van der Waals surface area contributed by atoms with Gasteiger partial charge in [0.05, 0.1) is 23.5 Å². The van der Waals surface area contributed by atoms with Gasteiger partial charge in [-0.3, -0.25) is 4.68 Å². The Balaban J connectivity index is 1.64. The zero-order valence-corrected chi connectivity index (χ0v) is 12.2. The van der Waals surface area contributed by atoms with Crippen molar-refractivity contribution in [2.45, 2.75) is 25.1 Å². The number of piperidine rings is 1. The van der Waals surface area contributed by atoms with Crippen LogP contribution in [-0.2, 0) is 6.18 Å². The lowest BCUT2D eigenvalue weighted by atomic mass is 10.1. The molecule has 2 aromatic heterocycles. The smallest absolute Gasteiger partial charge is 0.341 e. The van der Waals surface area contributed by atoms with Crippen LogP contribution in [0.3, 0.4) is 0 Å². The minimum Gasteiger partial charge on any atom is -0.341 e. The summed E-state index contributed by atoms with van der Waals surface area (Å²) in [5.41, 5.74) is -0.851. The van der Waals surface area contributed by atoms with Gasteiger partial charge in [-0.15, -0.1) is 0 Å². The van der Waals surface area contributed by atoms with Gasteiger partial charge in [0.2, 0.25) is 5.95 Å². The van der Waals surface area contributed by atoms with E-state index in [2.05, 4.69) is 15.1 Å². The molecule has 5 nitrogen and oxygen atoms in total. The molecule has 0 atom stereocenters. The molecule has 0 aliphatic carbocycles. The highest BCUT2D eigenvalue weighted by atomic mass is 35.5. The summed E-state index contributed by atoms with van der Waals surface area (Å²) in [6.07, 6.45) is 1.42. The molecule has 1 saturated heterocycles. The first kappa shape index (κ1) is 15.1. The van der Waals surface area contributed by atoms with Crippen molar-refractivity contribution in [3.63, 3.8) is 0 Å². The second-order valence-corrected chi connectivity index (χ2v) is 5.53. The average Bonchev–Trinajstić information content (AvgIpc) is 2.98. The largest absolute Gasteiger partial charge is 0.435 e. The molecular formula is C13H13ClF3N5. The Labute approximate surface area is 129 Å². The molecular weight excluding hydrogens is 319 g/mol. The molecule has 118 valence electrons. The molecule has 0 amide bonds. The summed E-state index contributed by atoms with van der Waals surface area (Å²) in [4.78, 5) is 10.3. The summed E-state index contributed by atoms with van der Waals surface area (Å²) in [6, 6.07) is 0.967. The highest BCUT2D eigenvalue weighted by Gasteiger charge is 2.34. The van der Waals surface area contributed by atoms with Crippen LogP contribution in [-0.4, -0.2) is 32.8 Å². The van der Waals surface area contributed by atoms with Crippen molar-refractivity contribution in [2.24, 2.45) is 0 Å². The van der Waals surface area contributed by atoms with Gasteiger partial charge in [0.25, 0.3) is 0 Å². The van der Waals surface area contributed by atoms with Gasteiger partial charge in [-0.05, 0) is 18.9 Å². The third-order valence-corrected chi connectivity index (χ3v) is 3.82. The summed E-state index contributed by atoms with van der Waals surface area (Å²) in [5, 5.41) is 4.11. The summed E-state index contributed by atoms with van der Waals surface area (Å²) in [5.74, 6) is 0.583. The number of alkyl halides is 3. The van der Waals surface area contributed by atoms with E-state index in [0.29, 0.717) is 36.9 Å². The molecule has 2 aromatic rings. The number of rotatable bonds is 2. The molecule has 0 spiro atoms. The van der Waals surface area contributed by atoms with Crippen LogP contribution < -0.4 is 4.90 Å². The van der Waals surface area contributed by atoms with E-state index >= 15 is 0 Å². The van der Waals surface area contributed by atoms with Crippen molar-refractivity contribution in [3.05, 3.63) is 35.4 Å². The minimum atomic E-state index is -4.40. The number of nitrogens with zero attached hydrogens (tertiary/aromatic N) is 5. The second-order valence-electron chi connectivity index (χ2n) is 5.10. The molecule has 3 heterocycles. The average molecular weight is 332 g/mol. The van der Waals surface area contributed by atoms with Crippen LogP contribution in [0.4, 0.5) is 19.1 Å². The van der Waals surface area contributed by atoms with E-state index in [1.807, 2.05) is 4.90 Å². The fraction of sp³-hybridized carbons (Fsp3) is 0.462. The molecule has 0 radical (unpaired) electrons.